The normalized spacial score (nSPS) is 15.5. The average Bonchev–Trinajstić information content (AvgIpc) is 3.32. The number of aromatic nitrogens is 2. The van der Waals surface area contributed by atoms with Crippen LogP contribution in [0.4, 0.5) is 8.78 Å². The van der Waals surface area contributed by atoms with Crippen LogP contribution >= 0.6 is 23.1 Å². The second-order valence-corrected chi connectivity index (χ2v) is 9.94. The van der Waals surface area contributed by atoms with Crippen LogP contribution in [0.25, 0.3) is 16.6 Å². The lowest BCUT2D eigenvalue weighted by atomic mass is 9.98. The Kier molecular flexibility index (Phi) is 6.22. The van der Waals surface area contributed by atoms with E-state index in [1.807, 2.05) is 4.90 Å². The first kappa shape index (κ1) is 22.7. The fourth-order valence-corrected chi connectivity index (χ4v) is 6.25. The fraction of sp³-hybridized carbons (Fsp3) is 0.240. The predicted octanol–water partition coefficient (Wildman–Crippen LogP) is 5.35. The van der Waals surface area contributed by atoms with E-state index in [1.54, 1.807) is 35.6 Å². The number of rotatable bonds is 5. The average molecular weight is 498 g/mol. The molecule has 1 aliphatic heterocycles. The minimum atomic E-state index is -0.876. The number of carbonyl (C=O) groups excluding carboxylic acids is 1. The van der Waals surface area contributed by atoms with Gasteiger partial charge in [-0.25, -0.2) is 13.8 Å². The van der Waals surface area contributed by atoms with E-state index in [4.69, 9.17) is 0 Å². The maximum atomic E-state index is 14.7. The molecule has 3 heterocycles. The zero-order valence-electron chi connectivity index (χ0n) is 18.3. The molecule has 0 saturated heterocycles. The van der Waals surface area contributed by atoms with Crippen molar-refractivity contribution in [3.05, 3.63) is 86.3 Å². The minimum absolute atomic E-state index is 0.0180. The number of hydrogen-bond acceptors (Lipinski definition) is 5. The molecule has 0 N–H and O–H groups in total. The molecular weight excluding hydrogens is 476 g/mol. The van der Waals surface area contributed by atoms with Gasteiger partial charge in [0.25, 0.3) is 5.56 Å². The van der Waals surface area contributed by atoms with Gasteiger partial charge in [-0.1, -0.05) is 30.8 Å². The van der Waals surface area contributed by atoms with E-state index in [2.05, 4.69) is 23.4 Å². The quantitative estimate of drug-likeness (QED) is 0.275. The van der Waals surface area contributed by atoms with Gasteiger partial charge in [-0.15, -0.1) is 11.3 Å². The van der Waals surface area contributed by atoms with Gasteiger partial charge in [-0.2, -0.15) is 0 Å². The van der Waals surface area contributed by atoms with Crippen LogP contribution < -0.4 is 5.56 Å². The first-order valence-corrected chi connectivity index (χ1v) is 12.8. The predicted molar refractivity (Wildman–Crippen MR) is 131 cm³/mol. The number of para-hydroxylation sites is 1. The Labute approximate surface area is 203 Å². The lowest BCUT2D eigenvalue weighted by molar-refractivity contribution is -0.131. The number of benzene rings is 2. The van der Waals surface area contributed by atoms with Crippen molar-refractivity contribution in [2.75, 3.05) is 12.3 Å². The maximum absolute atomic E-state index is 14.7. The van der Waals surface area contributed by atoms with E-state index in [1.165, 1.54) is 16.5 Å². The first-order chi connectivity index (χ1) is 16.5. The molecule has 5 nitrogen and oxygen atoms in total. The van der Waals surface area contributed by atoms with Crippen LogP contribution in [-0.2, 0) is 11.2 Å². The Morgan fingerprint density at radius 3 is 2.82 bits per heavy atom. The van der Waals surface area contributed by atoms with Crippen LogP contribution in [0.15, 0.2) is 63.9 Å². The van der Waals surface area contributed by atoms with Gasteiger partial charge < -0.3 is 4.90 Å². The number of nitrogens with zero attached hydrogens (tertiary/aromatic N) is 3. The van der Waals surface area contributed by atoms with Crippen LogP contribution in [0.1, 0.15) is 29.8 Å². The van der Waals surface area contributed by atoms with Gasteiger partial charge in [-0.3, -0.25) is 14.2 Å². The zero-order chi connectivity index (χ0) is 23.8. The van der Waals surface area contributed by atoms with Crippen LogP contribution in [0.2, 0.25) is 0 Å². The van der Waals surface area contributed by atoms with Gasteiger partial charge in [-0.05, 0) is 54.1 Å². The third-order valence-corrected chi connectivity index (χ3v) is 7.94. The molecule has 0 spiro atoms. The van der Waals surface area contributed by atoms with Crippen LogP contribution in [0.3, 0.4) is 0 Å². The van der Waals surface area contributed by atoms with Gasteiger partial charge in [0.15, 0.2) is 5.16 Å². The van der Waals surface area contributed by atoms with Gasteiger partial charge >= 0.3 is 0 Å². The highest BCUT2D eigenvalue weighted by Gasteiger charge is 2.30. The number of halogens is 2. The lowest BCUT2D eigenvalue weighted by Gasteiger charge is -2.35. The number of carbonyl (C=O) groups is 1. The van der Waals surface area contributed by atoms with E-state index < -0.39 is 17.2 Å². The smallest absolute Gasteiger partial charge is 0.266 e. The van der Waals surface area contributed by atoms with Crippen molar-refractivity contribution < 1.29 is 13.6 Å². The third kappa shape index (κ3) is 4.03. The summed E-state index contributed by atoms with van der Waals surface area (Å²) in [5.41, 5.74) is 1.07. The molecule has 1 aliphatic rings. The van der Waals surface area contributed by atoms with Gasteiger partial charge in [0, 0.05) is 17.5 Å². The van der Waals surface area contributed by atoms with E-state index in [0.717, 1.165) is 41.3 Å². The highest BCUT2D eigenvalue weighted by atomic mass is 32.2. The molecule has 0 saturated carbocycles. The summed E-state index contributed by atoms with van der Waals surface area (Å²) >= 11 is 2.80. The molecule has 4 aromatic rings. The Bertz CT molecular complexity index is 1450. The minimum Gasteiger partial charge on any atom is -0.335 e. The molecule has 1 amide bonds. The molecule has 1 unspecified atom stereocenters. The molecule has 0 bridgehead atoms. The van der Waals surface area contributed by atoms with Gasteiger partial charge in [0.05, 0.1) is 28.4 Å². The molecule has 0 fully saturated rings. The molecule has 9 heteroatoms. The van der Waals surface area contributed by atoms with Gasteiger partial charge in [0.1, 0.15) is 11.6 Å². The maximum Gasteiger partial charge on any atom is 0.266 e. The number of hydrogen-bond donors (Lipinski definition) is 0. The molecule has 5 rings (SSSR count). The molecule has 0 aliphatic carbocycles. The number of fused-ring (bicyclic) bond motifs is 2. The van der Waals surface area contributed by atoms with Crippen LogP contribution in [0, 0.1) is 11.6 Å². The van der Waals surface area contributed by atoms with Gasteiger partial charge in [0.2, 0.25) is 5.91 Å². The van der Waals surface area contributed by atoms with Crippen LogP contribution in [0.5, 0.6) is 0 Å². The standard InChI is InChI=1S/C25H21F2N3O2S2/c1-2-20-17-10-12-33-22(17)9-11-29(20)23(31)14-34-25-28-19-6-4-3-5-16(19)24(32)30(25)21-8-7-15(26)13-18(21)27/h3-8,10,12-13,20H,2,9,11,14H2,1H3. The molecule has 174 valence electrons. The Hall–Kier alpha value is -3.04. The highest BCUT2D eigenvalue weighted by Crippen LogP contribution is 2.36. The molecule has 34 heavy (non-hydrogen) atoms. The number of thiophene rings is 1. The topological polar surface area (TPSA) is 55.2 Å². The summed E-state index contributed by atoms with van der Waals surface area (Å²) in [6, 6.07) is 11.9. The molecular formula is C25H21F2N3O2S2. The Morgan fingerprint density at radius 1 is 1.21 bits per heavy atom. The number of amides is 1. The summed E-state index contributed by atoms with van der Waals surface area (Å²) in [6.45, 7) is 2.70. The van der Waals surface area contributed by atoms with Crippen molar-refractivity contribution in [3.8, 4) is 5.69 Å². The number of thioether (sulfide) groups is 1. The lowest BCUT2D eigenvalue weighted by Crippen LogP contribution is -2.40. The summed E-state index contributed by atoms with van der Waals surface area (Å²) in [5.74, 6) is -1.64. The third-order valence-electron chi connectivity index (χ3n) is 6.02. The van der Waals surface area contributed by atoms with Crippen molar-refractivity contribution >= 4 is 39.9 Å². The zero-order valence-corrected chi connectivity index (χ0v) is 20.0. The summed E-state index contributed by atoms with van der Waals surface area (Å²) in [6.07, 6.45) is 1.62. The van der Waals surface area contributed by atoms with E-state index in [0.29, 0.717) is 17.4 Å². The van der Waals surface area contributed by atoms with Crippen molar-refractivity contribution in [1.82, 2.24) is 14.5 Å². The Morgan fingerprint density at radius 2 is 2.03 bits per heavy atom. The second kappa shape index (κ2) is 9.31. The molecule has 2 aromatic carbocycles. The Balaban J connectivity index is 1.50. The van der Waals surface area contributed by atoms with Crippen molar-refractivity contribution in [3.63, 3.8) is 0 Å². The molecule has 2 aromatic heterocycles. The molecule has 0 radical (unpaired) electrons. The second-order valence-electron chi connectivity index (χ2n) is 8.00. The fourth-order valence-electron chi connectivity index (χ4n) is 4.43. The summed E-state index contributed by atoms with van der Waals surface area (Å²) in [4.78, 5) is 34.3. The largest absolute Gasteiger partial charge is 0.335 e. The summed E-state index contributed by atoms with van der Waals surface area (Å²) in [5, 5.41) is 2.56. The van der Waals surface area contributed by atoms with E-state index in [9.17, 15) is 18.4 Å². The SMILES string of the molecule is CCC1c2ccsc2CCN1C(=O)CSc1nc2ccccc2c(=O)n1-c1ccc(F)cc1F. The van der Waals surface area contributed by atoms with E-state index in [-0.39, 0.29) is 28.5 Å². The highest BCUT2D eigenvalue weighted by molar-refractivity contribution is 7.99. The van der Waals surface area contributed by atoms with Crippen LogP contribution in [-0.4, -0.2) is 32.7 Å². The monoisotopic (exact) mass is 497 g/mol. The van der Waals surface area contributed by atoms with Crippen molar-refractivity contribution in [1.29, 1.82) is 0 Å². The van der Waals surface area contributed by atoms with E-state index >= 15 is 0 Å². The summed E-state index contributed by atoms with van der Waals surface area (Å²) < 4.78 is 29.3. The summed E-state index contributed by atoms with van der Waals surface area (Å²) in [7, 11) is 0. The van der Waals surface area contributed by atoms with Crippen molar-refractivity contribution in [2.45, 2.75) is 31.0 Å². The van der Waals surface area contributed by atoms with Crippen molar-refractivity contribution in [2.24, 2.45) is 0 Å². The molecule has 1 atom stereocenters. The first-order valence-electron chi connectivity index (χ1n) is 10.9.